The van der Waals surface area contributed by atoms with Gasteiger partial charge in [-0.2, -0.15) is 0 Å². The number of epoxide rings is 1. The van der Waals surface area contributed by atoms with Crippen LogP contribution in [0.4, 0.5) is 0 Å². The molecule has 2 aromatic rings. The summed E-state index contributed by atoms with van der Waals surface area (Å²) in [4.78, 5) is 13.1. The smallest absolute Gasteiger partial charge is 0.319 e. The fourth-order valence-electron chi connectivity index (χ4n) is 5.38. The number of benzene rings is 2. The van der Waals surface area contributed by atoms with E-state index in [2.05, 4.69) is 0 Å². The molecule has 2 aliphatic carbocycles. The van der Waals surface area contributed by atoms with Gasteiger partial charge in [-0.25, -0.2) is 0 Å². The van der Waals surface area contributed by atoms with Gasteiger partial charge >= 0.3 is 5.79 Å². The quantitative estimate of drug-likeness (QED) is 0.452. The monoisotopic (exact) mass is 386 g/mol. The summed E-state index contributed by atoms with van der Waals surface area (Å²) in [6.45, 7) is 0. The highest BCUT2D eigenvalue weighted by Crippen LogP contribution is 2.68. The summed E-state index contributed by atoms with van der Waals surface area (Å²) in [6.07, 6.45) is -6.40. The first-order chi connectivity index (χ1) is 13.4. The number of hydrogen-bond donors (Lipinski definition) is 4. The Kier molecular flexibility index (Phi) is 2.89. The third kappa shape index (κ3) is 1.50. The molecule has 1 spiro atoms. The van der Waals surface area contributed by atoms with E-state index in [-0.39, 0.29) is 12.8 Å². The van der Waals surface area contributed by atoms with Crippen molar-refractivity contribution in [3.05, 3.63) is 36.4 Å². The van der Waals surface area contributed by atoms with E-state index < -0.39 is 47.2 Å². The number of ether oxygens (including phenoxy) is 3. The minimum Gasteiger partial charge on any atom is -0.446 e. The second-order valence-corrected chi connectivity index (χ2v) is 7.92. The van der Waals surface area contributed by atoms with Crippen molar-refractivity contribution in [3.8, 4) is 11.5 Å². The van der Waals surface area contributed by atoms with E-state index in [0.29, 0.717) is 16.9 Å². The molecule has 8 heteroatoms. The highest BCUT2D eigenvalue weighted by Gasteiger charge is 2.96. The molecule has 3 fully saturated rings. The Balaban J connectivity index is 1.62. The number of aliphatic hydroxyl groups excluding tert-OH is 4. The van der Waals surface area contributed by atoms with Crippen molar-refractivity contribution in [3.63, 3.8) is 0 Å². The lowest BCUT2D eigenvalue weighted by atomic mass is 9.62. The fourth-order valence-corrected chi connectivity index (χ4v) is 5.38. The fraction of sp³-hybridized carbons (Fsp3) is 0.450. The largest absolute Gasteiger partial charge is 0.446 e. The molecule has 0 unspecified atom stereocenters. The number of carbonyl (C=O) groups excluding carboxylic acids is 1. The van der Waals surface area contributed by atoms with Gasteiger partial charge in [0.2, 0.25) is 5.60 Å². The van der Waals surface area contributed by atoms with Crippen LogP contribution >= 0.6 is 0 Å². The van der Waals surface area contributed by atoms with Crippen LogP contribution < -0.4 is 9.47 Å². The summed E-state index contributed by atoms with van der Waals surface area (Å²) in [7, 11) is 0. The van der Waals surface area contributed by atoms with E-state index in [1.54, 1.807) is 24.3 Å². The van der Waals surface area contributed by atoms with Crippen LogP contribution in [0.15, 0.2) is 36.4 Å². The lowest BCUT2D eigenvalue weighted by Crippen LogP contribution is -2.80. The van der Waals surface area contributed by atoms with Crippen LogP contribution in [0.2, 0.25) is 0 Å². The maximum Gasteiger partial charge on any atom is 0.319 e. The molecule has 0 bridgehead atoms. The van der Waals surface area contributed by atoms with Crippen molar-refractivity contribution in [1.82, 2.24) is 0 Å². The zero-order valence-electron chi connectivity index (χ0n) is 14.6. The highest BCUT2D eigenvalue weighted by molar-refractivity contribution is 5.98. The molecule has 4 N–H and O–H groups in total. The average Bonchev–Trinajstić information content (AvgIpc) is 3.44. The first kappa shape index (κ1) is 16.7. The van der Waals surface area contributed by atoms with E-state index in [0.717, 1.165) is 5.39 Å². The molecule has 6 atom stereocenters. The Morgan fingerprint density at radius 3 is 2.21 bits per heavy atom. The van der Waals surface area contributed by atoms with Crippen molar-refractivity contribution in [2.24, 2.45) is 0 Å². The minimum atomic E-state index is -2.13. The van der Waals surface area contributed by atoms with Crippen LogP contribution in [0.25, 0.3) is 10.8 Å². The van der Waals surface area contributed by atoms with Crippen LogP contribution in [-0.4, -0.2) is 67.6 Å². The van der Waals surface area contributed by atoms with E-state index in [1.807, 2.05) is 12.1 Å². The molecule has 0 aromatic heterocycles. The molecule has 28 heavy (non-hydrogen) atoms. The first-order valence-electron chi connectivity index (χ1n) is 9.24. The number of rotatable bonds is 0. The molecule has 2 aliphatic heterocycles. The first-order valence-corrected chi connectivity index (χ1v) is 9.24. The molecule has 6 rings (SSSR count). The third-order valence-corrected chi connectivity index (χ3v) is 6.68. The van der Waals surface area contributed by atoms with E-state index >= 15 is 0 Å². The number of Topliss-reactive ketones (excluding diaryl/α,β-unsaturated/α-hetero) is 1. The molecule has 2 saturated carbocycles. The van der Waals surface area contributed by atoms with Gasteiger partial charge in [0.25, 0.3) is 0 Å². The van der Waals surface area contributed by atoms with Crippen LogP contribution in [0.3, 0.4) is 0 Å². The number of ketones is 1. The van der Waals surface area contributed by atoms with Gasteiger partial charge in [0.05, 0.1) is 11.5 Å². The third-order valence-electron chi connectivity index (χ3n) is 6.68. The summed E-state index contributed by atoms with van der Waals surface area (Å²) in [5.41, 5.74) is -3.72. The van der Waals surface area contributed by atoms with Gasteiger partial charge in [-0.15, -0.1) is 0 Å². The van der Waals surface area contributed by atoms with Gasteiger partial charge < -0.3 is 34.6 Å². The number of carbonyl (C=O) groups is 1. The SMILES string of the molecule is O=C1CC[C@@H](O)[C@@]23O[C@@]12C1(Oc2cccc4cccc(c24)O1)[C@H](O)[C@@H](O)[C@@H]3O. The van der Waals surface area contributed by atoms with Crippen molar-refractivity contribution >= 4 is 16.6 Å². The average molecular weight is 386 g/mol. The highest BCUT2D eigenvalue weighted by atomic mass is 16.8. The lowest BCUT2D eigenvalue weighted by Gasteiger charge is -2.51. The number of aliphatic hydroxyl groups is 4. The van der Waals surface area contributed by atoms with E-state index in [1.165, 1.54) is 0 Å². The van der Waals surface area contributed by atoms with Gasteiger partial charge in [0.1, 0.15) is 23.7 Å². The Bertz CT molecular complexity index is 995. The molecule has 8 nitrogen and oxygen atoms in total. The summed E-state index contributed by atoms with van der Waals surface area (Å²) in [5.74, 6) is -1.87. The van der Waals surface area contributed by atoms with Crippen molar-refractivity contribution in [1.29, 1.82) is 0 Å². The Morgan fingerprint density at radius 2 is 1.57 bits per heavy atom. The summed E-state index contributed by atoms with van der Waals surface area (Å²) in [6, 6.07) is 10.6. The summed E-state index contributed by atoms with van der Waals surface area (Å²) < 4.78 is 18.0. The molecule has 2 aromatic carbocycles. The predicted molar refractivity (Wildman–Crippen MR) is 92.8 cm³/mol. The molecule has 1 saturated heterocycles. The van der Waals surface area contributed by atoms with E-state index in [4.69, 9.17) is 14.2 Å². The van der Waals surface area contributed by atoms with Crippen LogP contribution in [0.1, 0.15) is 12.8 Å². The second-order valence-electron chi connectivity index (χ2n) is 7.92. The summed E-state index contributed by atoms with van der Waals surface area (Å²) in [5, 5.41) is 44.3. The topological polar surface area (TPSA) is 129 Å². The standard InChI is InChI=1S/C20H18O8/c21-12-7-8-13(22)19-18(12,28-19)16(24)15(23)17(25)20(19)26-10-5-1-3-9-4-2-6-11(27-20)14(9)10/h1-6,12,15-17,21,23-25H,7-8H2/t12-,15+,16+,17-,18+,19+/m1/s1. The zero-order valence-corrected chi connectivity index (χ0v) is 14.6. The van der Waals surface area contributed by atoms with Gasteiger partial charge in [0.15, 0.2) is 17.5 Å². The Morgan fingerprint density at radius 1 is 0.929 bits per heavy atom. The van der Waals surface area contributed by atoms with Gasteiger partial charge in [-0.05, 0) is 23.9 Å². The Hall–Kier alpha value is -2.23. The second kappa shape index (κ2) is 4.84. The van der Waals surface area contributed by atoms with Crippen LogP contribution in [0.5, 0.6) is 11.5 Å². The normalized spacial score (nSPS) is 42.4. The van der Waals surface area contributed by atoms with Gasteiger partial charge in [-0.1, -0.05) is 24.3 Å². The van der Waals surface area contributed by atoms with Crippen LogP contribution in [-0.2, 0) is 9.53 Å². The molecule has 146 valence electrons. The van der Waals surface area contributed by atoms with Crippen molar-refractivity contribution in [2.75, 3.05) is 0 Å². The Labute approximate surface area is 158 Å². The lowest BCUT2D eigenvalue weighted by molar-refractivity contribution is -0.275. The van der Waals surface area contributed by atoms with Gasteiger partial charge in [0, 0.05) is 6.42 Å². The van der Waals surface area contributed by atoms with E-state index in [9.17, 15) is 25.2 Å². The van der Waals surface area contributed by atoms with Crippen molar-refractivity contribution < 1.29 is 39.4 Å². The maximum absolute atomic E-state index is 13.1. The molecule has 0 radical (unpaired) electrons. The predicted octanol–water partition coefficient (Wildman–Crippen LogP) is -0.365. The molecule has 0 amide bonds. The van der Waals surface area contributed by atoms with Crippen LogP contribution in [0, 0.1) is 0 Å². The molecular weight excluding hydrogens is 368 g/mol. The zero-order chi connectivity index (χ0) is 19.5. The summed E-state index contributed by atoms with van der Waals surface area (Å²) >= 11 is 0. The molecule has 4 aliphatic rings. The maximum atomic E-state index is 13.1. The molecule has 2 heterocycles. The minimum absolute atomic E-state index is 0.0290. The number of hydrogen-bond acceptors (Lipinski definition) is 8. The van der Waals surface area contributed by atoms with Gasteiger partial charge in [-0.3, -0.25) is 4.79 Å². The molecular formula is C20H18O8. The van der Waals surface area contributed by atoms with Crippen molar-refractivity contribution in [2.45, 2.75) is 54.2 Å².